The van der Waals surface area contributed by atoms with Gasteiger partial charge in [0, 0.05) is 24.8 Å². The van der Waals surface area contributed by atoms with Gasteiger partial charge >= 0.3 is 0 Å². The minimum Gasteiger partial charge on any atom is -0.342 e. The van der Waals surface area contributed by atoms with Crippen molar-refractivity contribution in [3.63, 3.8) is 0 Å². The summed E-state index contributed by atoms with van der Waals surface area (Å²) < 4.78 is 13.2. The molecule has 3 heterocycles. The SMILES string of the molecule is Fc1ccc(NC(=S)N2CCCC3=CC4CC(CN5CCCCC45)C32)cc1. The van der Waals surface area contributed by atoms with Crippen molar-refractivity contribution >= 4 is 23.0 Å². The molecule has 0 spiro atoms. The zero-order valence-electron chi connectivity index (χ0n) is 15.7. The minimum absolute atomic E-state index is 0.216. The molecule has 1 aliphatic carbocycles. The molecule has 0 saturated carbocycles. The second-order valence-corrected chi connectivity index (χ2v) is 9.02. The standard InChI is InChI=1S/C22H28FN3S/c23-18-6-8-19(9-7-18)24-22(27)26-11-3-4-15-12-16-13-17(21(15)26)14-25-10-2-1-5-20(16)25/h6-9,12,16-17,20-21H,1-5,10-11,13-14H2,(H,24,27). The Labute approximate surface area is 166 Å². The van der Waals surface area contributed by atoms with Crippen LogP contribution in [0.1, 0.15) is 38.5 Å². The number of rotatable bonds is 1. The van der Waals surface area contributed by atoms with E-state index >= 15 is 0 Å². The van der Waals surface area contributed by atoms with Crippen LogP contribution in [-0.4, -0.2) is 46.6 Å². The second kappa shape index (κ2) is 7.17. The van der Waals surface area contributed by atoms with E-state index in [-0.39, 0.29) is 5.82 Å². The topological polar surface area (TPSA) is 18.5 Å². The van der Waals surface area contributed by atoms with Crippen LogP contribution < -0.4 is 5.32 Å². The third-order valence-corrected chi connectivity index (χ3v) is 7.35. The normalized spacial score (nSPS) is 32.9. The molecule has 27 heavy (non-hydrogen) atoms. The van der Waals surface area contributed by atoms with Crippen molar-refractivity contribution in [2.75, 3.05) is 25.0 Å². The lowest BCUT2D eigenvalue weighted by Gasteiger charge is -2.55. The van der Waals surface area contributed by atoms with Crippen molar-refractivity contribution < 1.29 is 4.39 Å². The van der Waals surface area contributed by atoms with E-state index in [9.17, 15) is 4.39 Å². The predicted molar refractivity (Wildman–Crippen MR) is 111 cm³/mol. The Morgan fingerprint density at radius 2 is 1.96 bits per heavy atom. The van der Waals surface area contributed by atoms with Gasteiger partial charge in [0.05, 0.1) is 6.04 Å². The Kier molecular flexibility index (Phi) is 4.68. The Morgan fingerprint density at radius 1 is 1.11 bits per heavy atom. The van der Waals surface area contributed by atoms with E-state index < -0.39 is 0 Å². The van der Waals surface area contributed by atoms with Gasteiger partial charge < -0.3 is 10.2 Å². The van der Waals surface area contributed by atoms with E-state index in [1.165, 1.54) is 63.7 Å². The largest absolute Gasteiger partial charge is 0.342 e. The fraction of sp³-hybridized carbons (Fsp3) is 0.591. The molecule has 144 valence electrons. The average Bonchev–Trinajstić information content (AvgIpc) is 2.69. The van der Waals surface area contributed by atoms with Crippen LogP contribution in [0.4, 0.5) is 10.1 Å². The highest BCUT2D eigenvalue weighted by Gasteiger charge is 2.46. The van der Waals surface area contributed by atoms with Crippen molar-refractivity contribution in [1.82, 2.24) is 9.80 Å². The van der Waals surface area contributed by atoms with Gasteiger partial charge in [-0.1, -0.05) is 18.1 Å². The first-order chi connectivity index (χ1) is 13.2. The lowest BCUT2D eigenvalue weighted by atomic mass is 9.68. The molecule has 2 bridgehead atoms. The first-order valence-electron chi connectivity index (χ1n) is 10.5. The third kappa shape index (κ3) is 3.29. The molecule has 5 rings (SSSR count). The van der Waals surface area contributed by atoms with Crippen molar-refractivity contribution in [2.24, 2.45) is 11.8 Å². The van der Waals surface area contributed by atoms with Crippen LogP contribution in [0.5, 0.6) is 0 Å². The number of nitrogens with zero attached hydrogens (tertiary/aromatic N) is 2. The molecule has 3 nitrogen and oxygen atoms in total. The number of thiocarbonyl (C=S) groups is 1. The van der Waals surface area contributed by atoms with Gasteiger partial charge in [-0.05, 0) is 87.0 Å². The number of fused-ring (bicyclic) bond motifs is 6. The van der Waals surface area contributed by atoms with Crippen LogP contribution in [0.2, 0.25) is 0 Å². The molecule has 0 amide bonds. The van der Waals surface area contributed by atoms with E-state index in [0.717, 1.165) is 29.3 Å². The van der Waals surface area contributed by atoms with E-state index in [4.69, 9.17) is 12.2 Å². The van der Waals surface area contributed by atoms with Gasteiger partial charge in [-0.2, -0.15) is 0 Å². The first kappa shape index (κ1) is 17.6. The number of piperidine rings is 3. The summed E-state index contributed by atoms with van der Waals surface area (Å²) >= 11 is 5.80. The van der Waals surface area contributed by atoms with E-state index in [2.05, 4.69) is 21.2 Å². The molecule has 3 fully saturated rings. The van der Waals surface area contributed by atoms with E-state index in [1.807, 2.05) is 0 Å². The lowest BCUT2D eigenvalue weighted by Crippen LogP contribution is -2.60. The van der Waals surface area contributed by atoms with Gasteiger partial charge in [0.1, 0.15) is 5.82 Å². The lowest BCUT2D eigenvalue weighted by molar-refractivity contribution is 0.0132. The smallest absolute Gasteiger partial charge is 0.173 e. The summed E-state index contributed by atoms with van der Waals surface area (Å²) in [6, 6.07) is 7.71. The monoisotopic (exact) mass is 385 g/mol. The number of hydrogen-bond donors (Lipinski definition) is 1. The molecule has 4 unspecified atom stereocenters. The van der Waals surface area contributed by atoms with Gasteiger partial charge in [0.2, 0.25) is 0 Å². The molecule has 4 aliphatic rings. The Morgan fingerprint density at radius 3 is 2.81 bits per heavy atom. The molecule has 4 atom stereocenters. The molecule has 5 heteroatoms. The van der Waals surface area contributed by atoms with Crippen molar-refractivity contribution in [3.8, 4) is 0 Å². The van der Waals surface area contributed by atoms with Gasteiger partial charge in [0.15, 0.2) is 5.11 Å². The van der Waals surface area contributed by atoms with Crippen LogP contribution in [-0.2, 0) is 0 Å². The summed E-state index contributed by atoms with van der Waals surface area (Å²) in [4.78, 5) is 5.18. The highest BCUT2D eigenvalue weighted by molar-refractivity contribution is 7.80. The first-order valence-corrected chi connectivity index (χ1v) is 10.9. The number of likely N-dealkylation sites (tertiary alicyclic amines) is 1. The van der Waals surface area contributed by atoms with E-state index in [1.54, 1.807) is 17.7 Å². The van der Waals surface area contributed by atoms with Gasteiger partial charge in [-0.15, -0.1) is 0 Å². The summed E-state index contributed by atoms with van der Waals surface area (Å²) in [7, 11) is 0. The fourth-order valence-corrected chi connectivity index (χ4v) is 6.25. The molecular weight excluding hydrogens is 357 g/mol. The summed E-state index contributed by atoms with van der Waals surface area (Å²) in [6.45, 7) is 3.50. The van der Waals surface area contributed by atoms with Crippen LogP contribution >= 0.6 is 12.2 Å². The van der Waals surface area contributed by atoms with Crippen LogP contribution in [0.3, 0.4) is 0 Å². The number of benzene rings is 1. The second-order valence-electron chi connectivity index (χ2n) is 8.64. The van der Waals surface area contributed by atoms with Crippen LogP contribution in [0.15, 0.2) is 35.9 Å². The van der Waals surface area contributed by atoms with Crippen molar-refractivity contribution in [3.05, 3.63) is 41.7 Å². The Balaban J connectivity index is 1.38. The van der Waals surface area contributed by atoms with E-state index in [0.29, 0.717) is 12.0 Å². The number of halogens is 1. The van der Waals surface area contributed by atoms with Crippen molar-refractivity contribution in [1.29, 1.82) is 0 Å². The number of anilines is 1. The highest BCUT2D eigenvalue weighted by Crippen LogP contribution is 2.45. The van der Waals surface area contributed by atoms with Crippen LogP contribution in [0, 0.1) is 17.7 Å². The van der Waals surface area contributed by atoms with Gasteiger partial charge in [-0.3, -0.25) is 4.90 Å². The van der Waals surface area contributed by atoms with Gasteiger partial charge in [0.25, 0.3) is 0 Å². The Hall–Kier alpha value is -1.46. The zero-order valence-corrected chi connectivity index (χ0v) is 16.6. The fourth-order valence-electron chi connectivity index (χ4n) is 5.93. The summed E-state index contributed by atoms with van der Waals surface area (Å²) in [6.07, 6.45) is 10.4. The zero-order chi connectivity index (χ0) is 18.4. The summed E-state index contributed by atoms with van der Waals surface area (Å²) in [5.41, 5.74) is 2.49. The molecule has 1 aromatic rings. The predicted octanol–water partition coefficient (Wildman–Crippen LogP) is 4.42. The quantitative estimate of drug-likeness (QED) is 0.570. The Bertz CT molecular complexity index is 746. The number of hydrogen-bond acceptors (Lipinski definition) is 2. The maximum absolute atomic E-state index is 13.2. The summed E-state index contributed by atoms with van der Waals surface area (Å²) in [5.74, 6) is 1.21. The summed E-state index contributed by atoms with van der Waals surface area (Å²) in [5, 5.41) is 4.14. The van der Waals surface area contributed by atoms with Crippen molar-refractivity contribution in [2.45, 2.75) is 50.6 Å². The van der Waals surface area contributed by atoms with Gasteiger partial charge in [-0.25, -0.2) is 4.39 Å². The minimum atomic E-state index is -0.216. The van der Waals surface area contributed by atoms with Crippen LogP contribution in [0.25, 0.3) is 0 Å². The number of nitrogens with one attached hydrogen (secondary N) is 1. The average molecular weight is 386 g/mol. The molecule has 3 aliphatic heterocycles. The molecule has 0 aromatic heterocycles. The third-order valence-electron chi connectivity index (χ3n) is 7.01. The molecule has 1 N–H and O–H groups in total. The molecule has 0 radical (unpaired) electrons. The molecular formula is C22H28FN3S. The molecule has 1 aromatic carbocycles. The maximum Gasteiger partial charge on any atom is 0.173 e. The highest BCUT2D eigenvalue weighted by atomic mass is 32.1. The molecule has 3 saturated heterocycles. The maximum atomic E-state index is 13.2.